The second kappa shape index (κ2) is 6.29. The zero-order chi connectivity index (χ0) is 16.5. The summed E-state index contributed by atoms with van der Waals surface area (Å²) < 4.78 is 0. The molecule has 1 aliphatic rings. The lowest BCUT2D eigenvalue weighted by Gasteiger charge is -2.61. The van der Waals surface area contributed by atoms with Crippen molar-refractivity contribution >= 4 is 23.6 Å². The summed E-state index contributed by atoms with van der Waals surface area (Å²) in [6.07, 6.45) is 3.82. The molecule has 0 atom stereocenters. The highest BCUT2D eigenvalue weighted by Crippen LogP contribution is 2.82. The highest BCUT2D eigenvalue weighted by atomic mass is 31.2. The van der Waals surface area contributed by atoms with Crippen LogP contribution in [-0.2, 0) is 0 Å². The van der Waals surface area contributed by atoms with E-state index in [-0.39, 0.29) is 0 Å². The largest absolute Gasteiger partial charge is 0.209 e. The molecule has 2 aromatic carbocycles. The summed E-state index contributed by atoms with van der Waals surface area (Å²) >= 11 is 0. The summed E-state index contributed by atoms with van der Waals surface area (Å²) in [6, 6.07) is 22.8. The van der Waals surface area contributed by atoms with Crippen molar-refractivity contribution in [1.82, 2.24) is 0 Å². The number of hydrogen-bond acceptors (Lipinski definition) is 0. The van der Waals surface area contributed by atoms with Crippen LogP contribution in [0.2, 0.25) is 12.6 Å². The Bertz CT molecular complexity index is 660. The molecule has 0 N–H and O–H groups in total. The van der Waals surface area contributed by atoms with Gasteiger partial charge in [0.1, 0.15) is 0 Å². The minimum atomic E-state index is -1.44. The molecule has 2 aromatic rings. The van der Waals surface area contributed by atoms with Crippen molar-refractivity contribution in [2.45, 2.75) is 46.8 Å². The fraction of sp³-hybridized carbons (Fsp3) is 0.333. The first-order valence-electron chi connectivity index (χ1n) is 9.08. The van der Waals surface area contributed by atoms with Crippen LogP contribution in [0, 0.1) is 0 Å². The van der Waals surface area contributed by atoms with E-state index in [0.717, 1.165) is 0 Å². The van der Waals surface area contributed by atoms with Crippen LogP contribution < -0.4 is 10.6 Å². The maximum absolute atomic E-state index is 2.43. The molecule has 0 saturated carbocycles. The second-order valence-electron chi connectivity index (χ2n) is 6.87. The molecule has 0 amide bonds. The van der Waals surface area contributed by atoms with Gasteiger partial charge in [-0.25, -0.2) is 0 Å². The van der Waals surface area contributed by atoms with Gasteiger partial charge < -0.3 is 0 Å². The lowest BCUT2D eigenvalue weighted by atomic mass is 9.36. The normalized spacial score (nSPS) is 18.6. The number of hydrogen-bond donors (Lipinski definition) is 0. The third kappa shape index (κ3) is 2.02. The average Bonchev–Trinajstić information content (AvgIpc) is 2.62. The molecule has 0 aromatic heterocycles. The second-order valence-corrected chi connectivity index (χ2v) is 11.0. The molecular weight excluding hydrogens is 294 g/mol. The van der Waals surface area contributed by atoms with Gasteiger partial charge in [0.25, 0.3) is 0 Å². The molecule has 0 bridgehead atoms. The maximum Gasteiger partial charge on any atom is 0.209 e. The van der Waals surface area contributed by atoms with Crippen LogP contribution in [0.15, 0.2) is 71.5 Å². The summed E-state index contributed by atoms with van der Waals surface area (Å²) in [5.41, 5.74) is 1.79. The summed E-state index contributed by atoms with van der Waals surface area (Å²) in [7, 11) is -1.44. The minimum absolute atomic E-state index is 0.459. The molecule has 0 aliphatic carbocycles. The Morgan fingerprint density at radius 3 is 1.52 bits per heavy atom. The van der Waals surface area contributed by atoms with Crippen molar-refractivity contribution in [1.29, 1.82) is 0 Å². The lowest BCUT2D eigenvalue weighted by Crippen LogP contribution is -2.55. The van der Waals surface area contributed by atoms with E-state index in [1.807, 2.05) is 0 Å². The van der Waals surface area contributed by atoms with Crippen molar-refractivity contribution in [3.63, 3.8) is 0 Å². The van der Waals surface area contributed by atoms with Crippen molar-refractivity contribution in [3.05, 3.63) is 71.5 Å². The van der Waals surface area contributed by atoms with Crippen LogP contribution in [0.1, 0.15) is 34.1 Å². The minimum Gasteiger partial charge on any atom is -0.153 e. The topological polar surface area (TPSA) is 0 Å². The van der Waals surface area contributed by atoms with E-state index in [2.05, 4.69) is 88.4 Å². The zero-order valence-corrected chi connectivity index (χ0v) is 15.8. The molecule has 2 heteroatoms. The lowest BCUT2D eigenvalue weighted by molar-refractivity contribution is 1.11. The number of allylic oxidation sites excluding steroid dienone is 2. The first-order chi connectivity index (χ1) is 11.2. The van der Waals surface area contributed by atoms with Gasteiger partial charge in [0, 0.05) is 5.31 Å². The molecule has 0 nitrogen and oxygen atoms in total. The average molecular weight is 322 g/mol. The summed E-state index contributed by atoms with van der Waals surface area (Å²) in [4.78, 5) is 0. The van der Waals surface area contributed by atoms with Crippen molar-refractivity contribution in [3.8, 4) is 0 Å². The Labute approximate surface area is 142 Å². The molecule has 0 fully saturated rings. The summed E-state index contributed by atoms with van der Waals surface area (Å²) in [5, 5.41) is 4.88. The van der Waals surface area contributed by atoms with Gasteiger partial charge in [0.2, 0.25) is 5.87 Å². The molecule has 0 spiro atoms. The molecule has 23 heavy (non-hydrogen) atoms. The fourth-order valence-corrected chi connectivity index (χ4v) is 12.4. The van der Waals surface area contributed by atoms with E-state index in [1.165, 1.54) is 19.1 Å². The Hall–Kier alpha value is -1.33. The van der Waals surface area contributed by atoms with E-state index >= 15 is 0 Å². The molecule has 0 saturated heterocycles. The van der Waals surface area contributed by atoms with Crippen LogP contribution >= 0.6 is 7.14 Å². The monoisotopic (exact) mass is 322 g/mol. The van der Waals surface area contributed by atoms with E-state index in [1.54, 1.807) is 21.4 Å². The Morgan fingerprint density at radius 2 is 1.17 bits per heavy atom. The quantitative estimate of drug-likeness (QED) is 0.476. The van der Waals surface area contributed by atoms with Gasteiger partial charge >= 0.3 is 0 Å². The predicted octanol–water partition coefficient (Wildman–Crippen LogP) is 5.88. The van der Waals surface area contributed by atoms with Crippen LogP contribution in [0.3, 0.4) is 0 Å². The smallest absolute Gasteiger partial charge is 0.153 e. The van der Waals surface area contributed by atoms with Gasteiger partial charge in [-0.2, -0.15) is 5.47 Å². The van der Waals surface area contributed by atoms with E-state index in [0.29, 0.717) is 0 Å². The number of benzene rings is 2. The van der Waals surface area contributed by atoms with E-state index < -0.39 is 13.0 Å². The standard InChI is InChI=1S/C21H28BP/c1-5-21-18(4)23(22(21,6-2)7-3,19-14-10-8-11-15-19)20-16-12-9-13-17-20/h8-17H,5-7H2,1-4H3. The molecule has 120 valence electrons. The van der Waals surface area contributed by atoms with Gasteiger partial charge in [-0.05, 0) is 31.2 Å². The Kier molecular flexibility index (Phi) is 4.52. The van der Waals surface area contributed by atoms with Crippen LogP contribution in [-0.4, -0.2) is 5.87 Å². The molecule has 1 aliphatic heterocycles. The maximum atomic E-state index is 2.43. The van der Waals surface area contributed by atoms with Crippen LogP contribution in [0.25, 0.3) is 0 Å². The molecule has 0 radical (unpaired) electrons. The van der Waals surface area contributed by atoms with Gasteiger partial charge in [-0.15, -0.1) is 12.6 Å². The van der Waals surface area contributed by atoms with Crippen molar-refractivity contribution in [2.75, 3.05) is 0 Å². The van der Waals surface area contributed by atoms with Crippen LogP contribution in [0.4, 0.5) is 0 Å². The number of rotatable bonds is 5. The van der Waals surface area contributed by atoms with E-state index in [4.69, 9.17) is 0 Å². The SMILES string of the molecule is CCC1=C(C)[P+](c2ccccc2)(c2ccccc2)[B-]1(CC)CC. The third-order valence-electron chi connectivity index (χ3n) is 6.44. The van der Waals surface area contributed by atoms with E-state index in [9.17, 15) is 0 Å². The molecule has 0 unspecified atom stereocenters. The first-order valence-corrected chi connectivity index (χ1v) is 10.9. The first kappa shape index (κ1) is 16.5. The van der Waals surface area contributed by atoms with Gasteiger partial charge in [-0.3, -0.25) is 0 Å². The zero-order valence-electron chi connectivity index (χ0n) is 14.9. The van der Waals surface area contributed by atoms with Gasteiger partial charge in [0.15, 0.2) is 0 Å². The van der Waals surface area contributed by atoms with Gasteiger partial charge in [-0.1, -0.05) is 70.7 Å². The Morgan fingerprint density at radius 1 is 0.739 bits per heavy atom. The van der Waals surface area contributed by atoms with Gasteiger partial charge in [0.05, 0.1) is 10.6 Å². The Balaban J connectivity index is 2.37. The van der Waals surface area contributed by atoms with Crippen molar-refractivity contribution < 1.29 is 0 Å². The molecular formula is C21H28BP. The van der Waals surface area contributed by atoms with Crippen molar-refractivity contribution in [2.24, 2.45) is 0 Å². The predicted molar refractivity (Wildman–Crippen MR) is 109 cm³/mol. The molecule has 3 rings (SSSR count). The van der Waals surface area contributed by atoms with Crippen LogP contribution in [0.5, 0.6) is 0 Å². The summed E-state index contributed by atoms with van der Waals surface area (Å²) in [6.45, 7) is 9.63. The highest BCUT2D eigenvalue weighted by Gasteiger charge is 2.63. The summed E-state index contributed by atoms with van der Waals surface area (Å²) in [5.74, 6) is -0.459. The molecule has 1 heterocycles. The fourth-order valence-electron chi connectivity index (χ4n) is 5.55. The highest BCUT2D eigenvalue weighted by molar-refractivity contribution is 8.23. The third-order valence-corrected chi connectivity index (χ3v) is 12.5.